The van der Waals surface area contributed by atoms with Crippen LogP contribution in [0.15, 0.2) is 161 Å². The van der Waals surface area contributed by atoms with Gasteiger partial charge in [-0.05, 0) is 56.4 Å². The molecule has 1 saturated heterocycles. The second-order valence-corrected chi connectivity index (χ2v) is 19.2. The molecule has 0 amide bonds. The van der Waals surface area contributed by atoms with Crippen LogP contribution in [0.5, 0.6) is 11.5 Å². The summed E-state index contributed by atoms with van der Waals surface area (Å²) in [5.41, 5.74) is -0.189. The Balaban J connectivity index is 1.36. The first kappa shape index (κ1) is 39.4. The molecule has 10 nitrogen and oxygen atoms in total. The van der Waals surface area contributed by atoms with Crippen molar-refractivity contribution in [1.29, 1.82) is 0 Å². The Bertz CT molecular complexity index is 2310. The highest BCUT2D eigenvalue weighted by Gasteiger charge is 2.57. The molecule has 292 valence electrons. The van der Waals surface area contributed by atoms with E-state index in [1.165, 1.54) is 16.8 Å². The fourth-order valence-electron chi connectivity index (χ4n) is 7.86. The van der Waals surface area contributed by atoms with Crippen molar-refractivity contribution in [3.63, 3.8) is 0 Å². The number of methoxy groups -OCH3 is 2. The highest BCUT2D eigenvalue weighted by atomic mass is 28.4. The van der Waals surface area contributed by atoms with Gasteiger partial charge in [0, 0.05) is 12.3 Å². The third kappa shape index (κ3) is 7.42. The van der Waals surface area contributed by atoms with Crippen LogP contribution in [0.25, 0.3) is 0 Å². The molecule has 0 unspecified atom stereocenters. The Morgan fingerprint density at radius 2 is 1.12 bits per heavy atom. The zero-order valence-electron chi connectivity index (χ0n) is 32.6. The molecule has 1 aromatic heterocycles. The topological polar surface area (TPSA) is 118 Å². The summed E-state index contributed by atoms with van der Waals surface area (Å²) in [5.74, 6) is 0.946. The van der Waals surface area contributed by atoms with Crippen molar-refractivity contribution < 1.29 is 28.2 Å². The molecule has 11 heteroatoms. The van der Waals surface area contributed by atoms with Crippen molar-refractivity contribution in [2.75, 3.05) is 20.8 Å². The molecule has 57 heavy (non-hydrogen) atoms. The van der Waals surface area contributed by atoms with E-state index in [2.05, 4.69) is 25.8 Å². The number of rotatable bonds is 13. The third-order valence-electron chi connectivity index (χ3n) is 10.6. The summed E-state index contributed by atoms with van der Waals surface area (Å²) < 4.78 is 33.4. The van der Waals surface area contributed by atoms with E-state index in [4.69, 9.17) is 23.4 Å². The lowest BCUT2D eigenvalue weighted by Crippen LogP contribution is -2.68. The largest absolute Gasteiger partial charge is 0.497 e. The molecule has 1 aliphatic heterocycles. The van der Waals surface area contributed by atoms with Crippen LogP contribution in [0.3, 0.4) is 0 Å². The predicted octanol–water partition coefficient (Wildman–Crippen LogP) is 5.97. The smallest absolute Gasteiger partial charge is 0.330 e. The molecule has 0 saturated carbocycles. The number of carbonyl (C=O) groups is 1. The Morgan fingerprint density at radius 3 is 1.58 bits per heavy atom. The van der Waals surface area contributed by atoms with Gasteiger partial charge in [0.2, 0.25) is 0 Å². The number of nitrogens with zero attached hydrogens (tertiary/aromatic N) is 1. The minimum absolute atomic E-state index is 0.221. The number of Topliss-reactive ketones (excluding diaryl/α,β-unsaturated/α-hetero) is 1. The number of benzene rings is 5. The summed E-state index contributed by atoms with van der Waals surface area (Å²) in [7, 11) is -0.159. The van der Waals surface area contributed by atoms with Crippen molar-refractivity contribution >= 4 is 24.5 Å². The second-order valence-electron chi connectivity index (χ2n) is 15.0. The first-order valence-corrected chi connectivity index (χ1v) is 20.7. The number of aromatic amines is 1. The molecule has 3 atom stereocenters. The minimum atomic E-state index is -3.38. The monoisotopic (exact) mass is 782 g/mol. The first-order chi connectivity index (χ1) is 27.5. The van der Waals surface area contributed by atoms with Gasteiger partial charge in [0.1, 0.15) is 23.2 Å². The Labute approximate surface area is 332 Å². The molecule has 0 spiro atoms. The molecule has 0 aliphatic carbocycles. The quantitative estimate of drug-likeness (QED) is 0.113. The maximum Gasteiger partial charge on any atom is 0.330 e. The summed E-state index contributed by atoms with van der Waals surface area (Å²) in [6.45, 7) is 6.11. The van der Waals surface area contributed by atoms with Crippen molar-refractivity contribution in [3.05, 3.63) is 189 Å². The van der Waals surface area contributed by atoms with Crippen LogP contribution >= 0.6 is 0 Å². The van der Waals surface area contributed by atoms with Gasteiger partial charge in [-0.25, -0.2) is 4.79 Å². The molecule has 0 radical (unpaired) electrons. The number of ether oxygens (including phenoxy) is 4. The summed E-state index contributed by atoms with van der Waals surface area (Å²) >= 11 is 0. The van der Waals surface area contributed by atoms with Crippen LogP contribution in [0.4, 0.5) is 0 Å². The number of aromatic nitrogens is 2. The van der Waals surface area contributed by atoms with Gasteiger partial charge in [0.15, 0.2) is 18.1 Å². The lowest BCUT2D eigenvalue weighted by Gasteiger charge is -2.44. The van der Waals surface area contributed by atoms with Crippen LogP contribution in [0.2, 0.25) is 5.04 Å². The molecule has 0 bridgehead atoms. The number of hydrogen-bond donors (Lipinski definition) is 1. The highest BCUT2D eigenvalue weighted by molar-refractivity contribution is 6.99. The van der Waals surface area contributed by atoms with Gasteiger partial charge >= 0.3 is 5.69 Å². The Kier molecular flexibility index (Phi) is 11.3. The van der Waals surface area contributed by atoms with Crippen LogP contribution in [-0.2, 0) is 24.3 Å². The van der Waals surface area contributed by atoms with Gasteiger partial charge in [-0.2, -0.15) is 0 Å². The van der Waals surface area contributed by atoms with Gasteiger partial charge in [-0.1, -0.05) is 136 Å². The lowest BCUT2D eigenvalue weighted by molar-refractivity contribution is -0.131. The fourth-order valence-corrected chi connectivity index (χ4v) is 12.5. The highest BCUT2D eigenvalue weighted by Crippen LogP contribution is 2.44. The number of ketones is 1. The fraction of sp³-hybridized carbons (Fsp3) is 0.239. The summed E-state index contributed by atoms with van der Waals surface area (Å²) in [6, 6.07) is 46.0. The van der Waals surface area contributed by atoms with E-state index in [1.54, 1.807) is 14.2 Å². The van der Waals surface area contributed by atoms with Gasteiger partial charge in [-0.3, -0.25) is 19.1 Å². The average Bonchev–Trinajstić information content (AvgIpc) is 3.54. The molecule has 5 aromatic carbocycles. The van der Waals surface area contributed by atoms with Crippen molar-refractivity contribution in [2.45, 2.75) is 49.8 Å². The van der Waals surface area contributed by atoms with Gasteiger partial charge in [-0.15, -0.1) is 0 Å². The molecule has 2 heterocycles. The summed E-state index contributed by atoms with van der Waals surface area (Å²) in [4.78, 5) is 43.2. The minimum Gasteiger partial charge on any atom is -0.497 e. The Hall–Kier alpha value is -5.85. The molecule has 6 aromatic rings. The standard InChI is InChI=1S/C46H46N2O8Si/c1-45(2,3)57(37-17-11-7-12-18-37,38-19-13-8-14-20-38)56-42-41(50)39(55-43(42)48-30-29-40(49)47-44(48)51)31-54-46(32-15-9-6-10-16-32,33-21-25-35(52-4)26-22-33)34-23-27-36(53-5)28-24-34/h6-30,39,42-43H,31H2,1-5H3,(H,47,49,51)/t39-,42-,43-/m1/s1. The van der Waals surface area contributed by atoms with E-state index in [0.29, 0.717) is 11.5 Å². The van der Waals surface area contributed by atoms with Crippen LogP contribution in [0.1, 0.15) is 43.7 Å². The zero-order chi connectivity index (χ0) is 40.2. The van der Waals surface area contributed by atoms with E-state index in [9.17, 15) is 9.59 Å². The second kappa shape index (κ2) is 16.3. The van der Waals surface area contributed by atoms with Crippen molar-refractivity contribution in [1.82, 2.24) is 9.55 Å². The number of carbonyl (C=O) groups excluding carboxylic acids is 1. The van der Waals surface area contributed by atoms with Crippen molar-refractivity contribution in [2.24, 2.45) is 0 Å². The summed E-state index contributed by atoms with van der Waals surface area (Å²) in [6.07, 6.45) is -2.34. The van der Waals surface area contributed by atoms with Gasteiger partial charge in [0.05, 0.1) is 20.8 Å². The van der Waals surface area contributed by atoms with E-state index in [1.807, 2.05) is 140 Å². The Morgan fingerprint density at radius 1 is 0.649 bits per heavy atom. The molecular formula is C46H46N2O8Si. The maximum atomic E-state index is 15.1. The maximum absolute atomic E-state index is 15.1. The molecule has 7 rings (SSSR count). The van der Waals surface area contributed by atoms with Gasteiger partial charge < -0.3 is 23.4 Å². The predicted molar refractivity (Wildman–Crippen MR) is 221 cm³/mol. The van der Waals surface area contributed by atoms with Crippen LogP contribution in [0, 0.1) is 0 Å². The van der Waals surface area contributed by atoms with E-state index in [-0.39, 0.29) is 6.61 Å². The van der Waals surface area contributed by atoms with Gasteiger partial charge in [0.25, 0.3) is 13.9 Å². The number of hydrogen-bond acceptors (Lipinski definition) is 8. The number of nitrogens with one attached hydrogen (secondary N) is 1. The lowest BCUT2D eigenvalue weighted by atomic mass is 9.80. The SMILES string of the molecule is COc1ccc(C(OC[C@H]2O[C@@H](n3ccc(=O)[nH]c3=O)[C@H](O[Si](c3ccccc3)(c3ccccc3)C(C)(C)C)C2=O)(c2ccccc2)c2ccc(OC)cc2)cc1. The average molecular weight is 783 g/mol. The van der Waals surface area contributed by atoms with Crippen LogP contribution in [-0.4, -0.2) is 56.7 Å². The first-order valence-electron chi connectivity index (χ1n) is 18.8. The zero-order valence-corrected chi connectivity index (χ0v) is 33.6. The van der Waals surface area contributed by atoms with Crippen LogP contribution < -0.4 is 31.1 Å². The molecule has 1 N–H and O–H groups in total. The van der Waals surface area contributed by atoms with E-state index >= 15 is 4.79 Å². The number of H-pyrrole nitrogens is 1. The molecular weight excluding hydrogens is 737 g/mol. The summed E-state index contributed by atoms with van der Waals surface area (Å²) in [5, 5.41) is 1.40. The van der Waals surface area contributed by atoms with Crippen molar-refractivity contribution in [3.8, 4) is 11.5 Å². The molecule has 1 aliphatic rings. The van der Waals surface area contributed by atoms with E-state index in [0.717, 1.165) is 27.1 Å². The third-order valence-corrected chi connectivity index (χ3v) is 15.6. The van der Waals surface area contributed by atoms with E-state index < -0.39 is 54.4 Å². The molecule has 1 fully saturated rings. The normalized spacial score (nSPS) is 17.4.